The molecule has 0 bridgehead atoms. The summed E-state index contributed by atoms with van der Waals surface area (Å²) in [6.07, 6.45) is 3.49. The first kappa shape index (κ1) is 13.1. The lowest BCUT2D eigenvalue weighted by molar-refractivity contribution is 0.112. The number of nitrogens with zero attached hydrogens (tertiary/aromatic N) is 2. The van der Waals surface area contributed by atoms with E-state index in [9.17, 15) is 4.79 Å². The van der Waals surface area contributed by atoms with Crippen LogP contribution in [0.25, 0.3) is 0 Å². The van der Waals surface area contributed by atoms with Gasteiger partial charge in [-0.3, -0.25) is 4.79 Å². The van der Waals surface area contributed by atoms with Crippen molar-refractivity contribution in [1.82, 2.24) is 4.90 Å². The van der Waals surface area contributed by atoms with Crippen molar-refractivity contribution in [2.24, 2.45) is 0 Å². The minimum atomic E-state index is 0.607. The van der Waals surface area contributed by atoms with E-state index in [1.54, 1.807) is 0 Å². The molecule has 1 fully saturated rings. The number of aldehydes is 1. The predicted octanol–water partition coefficient (Wildman–Crippen LogP) is 2.34. The monoisotopic (exact) mass is 246 g/mol. The van der Waals surface area contributed by atoms with Crippen LogP contribution in [0.5, 0.6) is 0 Å². The van der Waals surface area contributed by atoms with E-state index in [1.807, 2.05) is 19.1 Å². The van der Waals surface area contributed by atoms with Gasteiger partial charge >= 0.3 is 0 Å². The van der Waals surface area contributed by atoms with E-state index in [0.717, 1.165) is 29.6 Å². The summed E-state index contributed by atoms with van der Waals surface area (Å²) in [4.78, 5) is 15.8. The highest BCUT2D eigenvalue weighted by Crippen LogP contribution is 2.22. The zero-order valence-corrected chi connectivity index (χ0v) is 11.5. The van der Waals surface area contributed by atoms with Crippen molar-refractivity contribution in [3.8, 4) is 0 Å². The highest BCUT2D eigenvalue weighted by molar-refractivity contribution is 5.84. The van der Waals surface area contributed by atoms with E-state index in [0.29, 0.717) is 6.04 Å². The Labute approximate surface area is 109 Å². The fourth-order valence-corrected chi connectivity index (χ4v) is 2.74. The molecule has 1 aliphatic rings. The van der Waals surface area contributed by atoms with E-state index in [1.165, 1.54) is 19.4 Å². The molecule has 1 aromatic rings. The number of hydrogen-bond donors (Lipinski definition) is 0. The van der Waals surface area contributed by atoms with E-state index < -0.39 is 0 Å². The van der Waals surface area contributed by atoms with Crippen molar-refractivity contribution in [2.75, 3.05) is 32.1 Å². The van der Waals surface area contributed by atoms with Crippen molar-refractivity contribution in [1.29, 1.82) is 0 Å². The number of anilines is 1. The van der Waals surface area contributed by atoms with E-state index >= 15 is 0 Å². The molecule has 3 heteroatoms. The lowest BCUT2D eigenvalue weighted by atomic mass is 10.1. The van der Waals surface area contributed by atoms with Crippen molar-refractivity contribution < 1.29 is 4.79 Å². The van der Waals surface area contributed by atoms with Crippen molar-refractivity contribution in [3.05, 3.63) is 29.3 Å². The van der Waals surface area contributed by atoms with Gasteiger partial charge in [-0.1, -0.05) is 11.6 Å². The smallest absolute Gasteiger partial charge is 0.152 e. The van der Waals surface area contributed by atoms with Crippen LogP contribution in [0.1, 0.15) is 28.8 Å². The normalized spacial score (nSPS) is 20.1. The zero-order chi connectivity index (χ0) is 13.1. The van der Waals surface area contributed by atoms with Gasteiger partial charge in [-0.2, -0.15) is 0 Å². The second kappa shape index (κ2) is 5.53. The number of carbonyl (C=O) groups excluding carboxylic acids is 1. The van der Waals surface area contributed by atoms with Gasteiger partial charge in [-0.15, -0.1) is 0 Å². The zero-order valence-electron chi connectivity index (χ0n) is 11.5. The number of likely N-dealkylation sites (tertiary alicyclic amines) is 1. The van der Waals surface area contributed by atoms with Crippen LogP contribution in [0.3, 0.4) is 0 Å². The molecule has 0 aliphatic carbocycles. The molecule has 2 rings (SSSR count). The van der Waals surface area contributed by atoms with Crippen LogP contribution in [-0.4, -0.2) is 44.4 Å². The van der Waals surface area contributed by atoms with Gasteiger partial charge in [0.15, 0.2) is 6.29 Å². The Hall–Kier alpha value is -1.35. The molecule has 0 radical (unpaired) electrons. The fraction of sp³-hybridized carbons (Fsp3) is 0.533. The largest absolute Gasteiger partial charge is 0.372 e. The number of carbonyl (C=O) groups is 1. The third-order valence-corrected chi connectivity index (χ3v) is 3.88. The summed E-state index contributed by atoms with van der Waals surface area (Å²) in [5.74, 6) is 0. The maximum Gasteiger partial charge on any atom is 0.152 e. The van der Waals surface area contributed by atoms with Gasteiger partial charge < -0.3 is 9.80 Å². The Bertz CT molecular complexity index is 431. The number of hydrogen-bond acceptors (Lipinski definition) is 3. The Kier molecular flexibility index (Phi) is 4.02. The molecule has 1 atom stereocenters. The van der Waals surface area contributed by atoms with Gasteiger partial charge in [-0.25, -0.2) is 0 Å². The molecule has 98 valence electrons. The van der Waals surface area contributed by atoms with Crippen LogP contribution < -0.4 is 4.90 Å². The van der Waals surface area contributed by atoms with Crippen LogP contribution in [0.4, 0.5) is 5.69 Å². The average molecular weight is 246 g/mol. The Morgan fingerprint density at radius 3 is 2.89 bits per heavy atom. The standard InChI is InChI=1S/C15H22N2O/c1-12-6-7-15(13(9-12)11-18)17(3)10-14-5-4-8-16(14)2/h6-7,9,11,14H,4-5,8,10H2,1-3H3. The number of rotatable bonds is 4. The molecular weight excluding hydrogens is 224 g/mol. The first-order valence-electron chi connectivity index (χ1n) is 6.59. The highest BCUT2D eigenvalue weighted by Gasteiger charge is 2.22. The summed E-state index contributed by atoms with van der Waals surface area (Å²) in [7, 11) is 4.26. The van der Waals surface area contributed by atoms with Crippen LogP contribution in [0.2, 0.25) is 0 Å². The van der Waals surface area contributed by atoms with Crippen LogP contribution in [0, 0.1) is 6.92 Å². The van der Waals surface area contributed by atoms with E-state index in [-0.39, 0.29) is 0 Å². The van der Waals surface area contributed by atoms with Crippen LogP contribution >= 0.6 is 0 Å². The molecule has 1 aliphatic heterocycles. The second-order valence-corrected chi connectivity index (χ2v) is 5.34. The molecule has 0 aromatic heterocycles. The van der Waals surface area contributed by atoms with Gasteiger partial charge in [0.2, 0.25) is 0 Å². The van der Waals surface area contributed by atoms with E-state index in [4.69, 9.17) is 0 Å². The third-order valence-electron chi connectivity index (χ3n) is 3.88. The van der Waals surface area contributed by atoms with Crippen LogP contribution in [0.15, 0.2) is 18.2 Å². The van der Waals surface area contributed by atoms with Crippen molar-refractivity contribution >= 4 is 12.0 Å². The third kappa shape index (κ3) is 2.72. The number of aryl methyl sites for hydroxylation is 1. The van der Waals surface area contributed by atoms with Crippen molar-refractivity contribution in [2.45, 2.75) is 25.8 Å². The molecule has 1 unspecified atom stereocenters. The highest BCUT2D eigenvalue weighted by atomic mass is 16.1. The summed E-state index contributed by atoms with van der Waals surface area (Å²) in [5.41, 5.74) is 2.96. The van der Waals surface area contributed by atoms with Crippen LogP contribution in [-0.2, 0) is 0 Å². The SMILES string of the molecule is Cc1ccc(N(C)CC2CCCN2C)c(C=O)c1. The summed E-state index contributed by atoms with van der Waals surface area (Å²) >= 11 is 0. The first-order valence-corrected chi connectivity index (χ1v) is 6.59. The van der Waals surface area contributed by atoms with Gasteiger partial charge in [0.05, 0.1) is 0 Å². The van der Waals surface area contributed by atoms with Gasteiger partial charge in [0, 0.05) is 30.9 Å². The quantitative estimate of drug-likeness (QED) is 0.762. The predicted molar refractivity (Wildman–Crippen MR) is 75.5 cm³/mol. The average Bonchev–Trinajstić information content (AvgIpc) is 2.74. The summed E-state index contributed by atoms with van der Waals surface area (Å²) < 4.78 is 0. The van der Waals surface area contributed by atoms with E-state index in [2.05, 4.69) is 30.0 Å². The Balaban J connectivity index is 2.13. The number of benzene rings is 1. The summed E-state index contributed by atoms with van der Waals surface area (Å²) in [6, 6.07) is 6.68. The molecule has 0 spiro atoms. The fourth-order valence-electron chi connectivity index (χ4n) is 2.74. The lowest BCUT2D eigenvalue weighted by Crippen LogP contribution is -2.37. The minimum absolute atomic E-state index is 0.607. The van der Waals surface area contributed by atoms with Gasteiger partial charge in [0.1, 0.15) is 0 Å². The Morgan fingerprint density at radius 2 is 2.28 bits per heavy atom. The first-order chi connectivity index (χ1) is 8.61. The topological polar surface area (TPSA) is 23.6 Å². The molecule has 1 heterocycles. The summed E-state index contributed by atoms with van der Waals surface area (Å²) in [5, 5.41) is 0. The molecule has 0 saturated carbocycles. The Morgan fingerprint density at radius 1 is 1.50 bits per heavy atom. The maximum absolute atomic E-state index is 11.1. The van der Waals surface area contributed by atoms with Gasteiger partial charge in [0.25, 0.3) is 0 Å². The maximum atomic E-state index is 11.1. The molecule has 1 saturated heterocycles. The van der Waals surface area contributed by atoms with Gasteiger partial charge in [-0.05, 0) is 45.5 Å². The second-order valence-electron chi connectivity index (χ2n) is 5.34. The minimum Gasteiger partial charge on any atom is -0.372 e. The summed E-state index contributed by atoms with van der Waals surface area (Å²) in [6.45, 7) is 4.19. The lowest BCUT2D eigenvalue weighted by Gasteiger charge is -2.28. The molecule has 18 heavy (non-hydrogen) atoms. The molecule has 3 nitrogen and oxygen atoms in total. The number of likely N-dealkylation sites (N-methyl/N-ethyl adjacent to an activating group) is 2. The molecule has 0 amide bonds. The van der Waals surface area contributed by atoms with Crippen molar-refractivity contribution in [3.63, 3.8) is 0 Å². The molecule has 0 N–H and O–H groups in total. The molecular formula is C15H22N2O. The molecule has 1 aromatic carbocycles.